The number of allylic oxidation sites excluding steroid dienone is 1. The van der Waals surface area contributed by atoms with Gasteiger partial charge in [0.05, 0.1) is 17.6 Å². The molecular formula is C27H31N5O. The van der Waals surface area contributed by atoms with Gasteiger partial charge >= 0.3 is 0 Å². The molecule has 170 valence electrons. The van der Waals surface area contributed by atoms with Gasteiger partial charge < -0.3 is 20.5 Å². The highest BCUT2D eigenvalue weighted by molar-refractivity contribution is 6.00. The minimum absolute atomic E-state index is 0.000558. The molecule has 0 saturated carbocycles. The van der Waals surface area contributed by atoms with Crippen LogP contribution in [0.25, 0.3) is 22.2 Å². The number of aromatic amines is 1. The van der Waals surface area contributed by atoms with Crippen LogP contribution in [0.3, 0.4) is 0 Å². The van der Waals surface area contributed by atoms with Crippen molar-refractivity contribution in [2.45, 2.75) is 32.1 Å². The van der Waals surface area contributed by atoms with Gasteiger partial charge in [0.2, 0.25) is 0 Å². The van der Waals surface area contributed by atoms with Crippen molar-refractivity contribution in [2.75, 3.05) is 32.0 Å². The number of hydrogen-bond donors (Lipinski definition) is 3. The summed E-state index contributed by atoms with van der Waals surface area (Å²) in [5.41, 5.74) is 9.84. The minimum atomic E-state index is -0.117. The van der Waals surface area contributed by atoms with E-state index in [1.807, 2.05) is 24.5 Å². The number of fused-ring (bicyclic) bond motifs is 2. The van der Waals surface area contributed by atoms with Gasteiger partial charge in [-0.15, -0.1) is 5.73 Å². The smallest absolute Gasteiger partial charge is 0.251 e. The number of carbonyl (C=O) groups is 1. The summed E-state index contributed by atoms with van der Waals surface area (Å²) in [6.45, 7) is 11.1. The van der Waals surface area contributed by atoms with E-state index in [1.54, 1.807) is 0 Å². The van der Waals surface area contributed by atoms with Crippen molar-refractivity contribution in [3.05, 3.63) is 65.8 Å². The molecule has 6 heteroatoms. The first-order valence-corrected chi connectivity index (χ1v) is 11.6. The molecule has 3 aromatic rings. The van der Waals surface area contributed by atoms with Crippen LogP contribution in [0.2, 0.25) is 0 Å². The second-order valence-corrected chi connectivity index (χ2v) is 9.94. The third kappa shape index (κ3) is 3.97. The lowest BCUT2D eigenvalue weighted by molar-refractivity contribution is 0.0930. The number of likely N-dealkylation sites (tertiary alicyclic amines) is 1. The lowest BCUT2D eigenvalue weighted by atomic mass is 9.78. The number of anilines is 1. The van der Waals surface area contributed by atoms with Crippen LogP contribution in [0.5, 0.6) is 0 Å². The molecule has 2 aromatic heterocycles. The molecule has 2 aliphatic heterocycles. The van der Waals surface area contributed by atoms with Crippen LogP contribution < -0.4 is 10.6 Å². The topological polar surface area (TPSA) is 73.0 Å². The van der Waals surface area contributed by atoms with Gasteiger partial charge in [-0.05, 0) is 62.3 Å². The second kappa shape index (κ2) is 8.22. The largest absolute Gasteiger partial charge is 0.351 e. The highest BCUT2D eigenvalue weighted by atomic mass is 16.1. The van der Waals surface area contributed by atoms with E-state index in [0.717, 1.165) is 70.6 Å². The molecule has 1 saturated heterocycles. The maximum Gasteiger partial charge on any atom is 0.251 e. The first kappa shape index (κ1) is 21.5. The first-order valence-electron chi connectivity index (χ1n) is 11.6. The Hall–Kier alpha value is -3.34. The van der Waals surface area contributed by atoms with Crippen LogP contribution in [0.1, 0.15) is 42.6 Å². The summed E-state index contributed by atoms with van der Waals surface area (Å²) in [5.74, 6) is 0.440. The number of hydrogen-bond acceptors (Lipinski definition) is 4. The number of pyridine rings is 1. The number of carbonyl (C=O) groups excluding carboxylic acids is 1. The van der Waals surface area contributed by atoms with E-state index in [-0.39, 0.29) is 11.3 Å². The molecule has 0 aliphatic carbocycles. The molecule has 0 bridgehead atoms. The van der Waals surface area contributed by atoms with Gasteiger partial charge in [-0.25, -0.2) is 4.98 Å². The third-order valence-corrected chi connectivity index (χ3v) is 7.12. The summed E-state index contributed by atoms with van der Waals surface area (Å²) in [6, 6.07) is 8.26. The van der Waals surface area contributed by atoms with Gasteiger partial charge in [0.15, 0.2) is 0 Å². The lowest BCUT2D eigenvalue weighted by Gasteiger charge is -2.32. The molecule has 4 heterocycles. The number of H-pyrrole nitrogens is 1. The monoisotopic (exact) mass is 441 g/mol. The number of amides is 1. The molecule has 1 amide bonds. The molecule has 1 aromatic carbocycles. The summed E-state index contributed by atoms with van der Waals surface area (Å²) in [5, 5.41) is 7.58. The number of nitrogens with one attached hydrogen (secondary N) is 3. The SMILES string of the molecule is C=C=C(Nc1cnc2[nH]cc(-c3ccc4c(c3)C(C)(C)CNC4=O)c2c1)C1CCN(C)CC1. The fraction of sp³-hybridized carbons (Fsp3) is 0.370. The molecule has 6 nitrogen and oxygen atoms in total. The third-order valence-electron chi connectivity index (χ3n) is 7.12. The van der Waals surface area contributed by atoms with Crippen molar-refractivity contribution in [1.29, 1.82) is 0 Å². The van der Waals surface area contributed by atoms with Gasteiger partial charge in [0, 0.05) is 40.6 Å². The highest BCUT2D eigenvalue weighted by Gasteiger charge is 2.31. The van der Waals surface area contributed by atoms with Crippen molar-refractivity contribution in [3.8, 4) is 11.1 Å². The van der Waals surface area contributed by atoms with E-state index in [0.29, 0.717) is 12.5 Å². The maximum absolute atomic E-state index is 12.4. The van der Waals surface area contributed by atoms with Crippen LogP contribution in [-0.2, 0) is 5.41 Å². The average Bonchev–Trinajstić information content (AvgIpc) is 3.24. The molecular weight excluding hydrogens is 410 g/mol. The Kier molecular flexibility index (Phi) is 5.35. The van der Waals surface area contributed by atoms with Crippen molar-refractivity contribution >= 4 is 22.6 Å². The molecule has 5 rings (SSSR count). The van der Waals surface area contributed by atoms with Gasteiger partial charge in [-0.2, -0.15) is 0 Å². The minimum Gasteiger partial charge on any atom is -0.351 e. The number of aromatic nitrogens is 2. The standard InChI is InChI=1S/C27H31N5O/c1-5-24(17-8-10-32(4)11-9-17)31-19-13-21-22(15-29-25(21)28-14-19)18-6-7-20-23(12-18)27(2,3)16-30-26(20)33/h6-7,12-15,17,31H,1,8-11,16H2,2-4H3,(H,28,29)(H,30,33). The maximum atomic E-state index is 12.4. The molecule has 3 N–H and O–H groups in total. The molecule has 33 heavy (non-hydrogen) atoms. The molecule has 0 unspecified atom stereocenters. The van der Waals surface area contributed by atoms with Crippen molar-refractivity contribution in [3.63, 3.8) is 0 Å². The van der Waals surface area contributed by atoms with E-state index < -0.39 is 0 Å². The van der Waals surface area contributed by atoms with Crippen molar-refractivity contribution in [2.24, 2.45) is 5.92 Å². The molecule has 0 spiro atoms. The predicted molar refractivity (Wildman–Crippen MR) is 133 cm³/mol. The van der Waals surface area contributed by atoms with Crippen molar-refractivity contribution in [1.82, 2.24) is 20.2 Å². The number of piperidine rings is 1. The summed E-state index contributed by atoms with van der Waals surface area (Å²) in [7, 11) is 2.17. The fourth-order valence-corrected chi connectivity index (χ4v) is 5.02. The van der Waals surface area contributed by atoms with Crippen LogP contribution in [0.4, 0.5) is 5.69 Å². The second-order valence-electron chi connectivity index (χ2n) is 9.94. The van der Waals surface area contributed by atoms with Gasteiger partial charge in [0.1, 0.15) is 5.65 Å². The van der Waals surface area contributed by atoms with Crippen LogP contribution in [0.15, 0.2) is 54.7 Å². The quantitative estimate of drug-likeness (QED) is 0.515. The van der Waals surface area contributed by atoms with Crippen LogP contribution in [-0.4, -0.2) is 47.5 Å². The van der Waals surface area contributed by atoms with Gasteiger partial charge in [-0.3, -0.25) is 4.79 Å². The van der Waals surface area contributed by atoms with Crippen LogP contribution in [0, 0.1) is 5.92 Å². The Morgan fingerprint density at radius 3 is 2.79 bits per heavy atom. The van der Waals surface area contributed by atoms with Crippen LogP contribution >= 0.6 is 0 Å². The lowest BCUT2D eigenvalue weighted by Crippen LogP contribution is -2.43. The van der Waals surface area contributed by atoms with Crippen molar-refractivity contribution < 1.29 is 4.79 Å². The summed E-state index contributed by atoms with van der Waals surface area (Å²) in [4.78, 5) is 22.7. The molecule has 2 aliphatic rings. The predicted octanol–water partition coefficient (Wildman–Crippen LogP) is 4.67. The molecule has 0 radical (unpaired) electrons. The Morgan fingerprint density at radius 2 is 2.03 bits per heavy atom. The summed E-state index contributed by atoms with van der Waals surface area (Å²) >= 11 is 0. The Morgan fingerprint density at radius 1 is 1.24 bits per heavy atom. The summed E-state index contributed by atoms with van der Waals surface area (Å²) in [6.07, 6.45) is 6.06. The van der Waals surface area contributed by atoms with E-state index in [4.69, 9.17) is 0 Å². The van der Waals surface area contributed by atoms with E-state index in [9.17, 15) is 4.79 Å². The zero-order valence-corrected chi connectivity index (χ0v) is 19.6. The fourth-order valence-electron chi connectivity index (χ4n) is 5.02. The zero-order valence-electron chi connectivity index (χ0n) is 19.6. The number of rotatable bonds is 4. The molecule has 0 atom stereocenters. The van der Waals surface area contributed by atoms with E-state index in [1.165, 1.54) is 0 Å². The highest BCUT2D eigenvalue weighted by Crippen LogP contribution is 2.36. The molecule has 1 fully saturated rings. The Bertz CT molecular complexity index is 1270. The number of nitrogens with zero attached hydrogens (tertiary/aromatic N) is 2. The average molecular weight is 442 g/mol. The first-order chi connectivity index (χ1) is 15.9. The number of benzene rings is 1. The summed E-state index contributed by atoms with van der Waals surface area (Å²) < 4.78 is 0. The zero-order chi connectivity index (χ0) is 23.2. The Balaban J connectivity index is 1.48. The Labute approximate surface area is 194 Å². The van der Waals surface area contributed by atoms with E-state index >= 15 is 0 Å². The van der Waals surface area contributed by atoms with Gasteiger partial charge in [-0.1, -0.05) is 26.5 Å². The normalized spacial score (nSPS) is 18.5. The van der Waals surface area contributed by atoms with Gasteiger partial charge in [0.25, 0.3) is 5.91 Å². The van der Waals surface area contributed by atoms with E-state index in [2.05, 4.69) is 70.8 Å².